The smallest absolute Gasteiger partial charge is 0.268 e. The number of hydrogen-bond donors (Lipinski definition) is 1. The summed E-state index contributed by atoms with van der Waals surface area (Å²) < 4.78 is 11.1. The average molecular weight is 449 g/mol. The lowest BCUT2D eigenvalue weighted by Crippen LogP contribution is -2.46. The van der Waals surface area contributed by atoms with Crippen molar-refractivity contribution >= 4 is 40.3 Å². The molecule has 3 heterocycles. The second kappa shape index (κ2) is 7.76. The molecule has 2 aliphatic heterocycles. The number of nitrogens with one attached hydrogen (secondary N) is 1. The topological polar surface area (TPSA) is 97.8 Å². The highest BCUT2D eigenvalue weighted by Crippen LogP contribution is 2.38. The lowest BCUT2D eigenvalue weighted by molar-refractivity contribution is -0.125. The Morgan fingerprint density at radius 2 is 2.03 bits per heavy atom. The largest absolute Gasteiger partial charge is 0.482 e. The summed E-state index contributed by atoms with van der Waals surface area (Å²) in [5.41, 5.74) is 2.98. The van der Waals surface area contributed by atoms with Crippen LogP contribution in [0.2, 0.25) is 0 Å². The second-order valence-electron chi connectivity index (χ2n) is 7.59. The third-order valence-electron chi connectivity index (χ3n) is 5.32. The van der Waals surface area contributed by atoms with E-state index in [4.69, 9.17) is 9.47 Å². The van der Waals surface area contributed by atoms with Gasteiger partial charge >= 0.3 is 0 Å². The maximum Gasteiger partial charge on any atom is 0.268 e. The van der Waals surface area contributed by atoms with E-state index in [2.05, 4.69) is 10.3 Å². The van der Waals surface area contributed by atoms with Gasteiger partial charge in [-0.2, -0.15) is 0 Å². The number of carbonyl (C=O) groups excluding carboxylic acids is 3. The highest BCUT2D eigenvalue weighted by atomic mass is 32.1. The molecular weight excluding hydrogens is 430 g/mol. The molecule has 0 bridgehead atoms. The van der Waals surface area contributed by atoms with Crippen molar-refractivity contribution in [1.29, 1.82) is 0 Å². The zero-order chi connectivity index (χ0) is 22.4. The summed E-state index contributed by atoms with van der Waals surface area (Å²) in [6.07, 6.45) is -0.709. The Morgan fingerprint density at radius 1 is 1.22 bits per heavy atom. The maximum absolute atomic E-state index is 13.1. The Hall–Kier alpha value is -3.72. The quantitative estimate of drug-likeness (QED) is 0.613. The monoisotopic (exact) mass is 449 g/mol. The standard InChI is InChI=1S/C23H19N3O5S/c1-12-23(29)26(9-19(27)15-4-5-20-16(7-15)25-22(28)10-30-20)18-8-14(3-6-21(18)31-12)17-11-32-13(2)24-17/h3-8,11-12H,9-10H2,1-2H3,(H,25,28). The van der Waals surface area contributed by atoms with Crippen LogP contribution in [0.5, 0.6) is 11.5 Å². The Bertz CT molecular complexity index is 1270. The fourth-order valence-electron chi connectivity index (χ4n) is 3.72. The average Bonchev–Trinajstić information content (AvgIpc) is 3.22. The van der Waals surface area contributed by atoms with Crippen molar-refractivity contribution in [1.82, 2.24) is 4.98 Å². The number of amides is 2. The Balaban J connectivity index is 1.47. The number of fused-ring (bicyclic) bond motifs is 2. The third kappa shape index (κ3) is 3.60. The van der Waals surface area contributed by atoms with Gasteiger partial charge in [-0.1, -0.05) is 0 Å². The number of ether oxygens (including phenoxy) is 2. The minimum absolute atomic E-state index is 0.0575. The van der Waals surface area contributed by atoms with Gasteiger partial charge in [0, 0.05) is 16.5 Å². The molecular formula is C23H19N3O5S. The van der Waals surface area contributed by atoms with Crippen LogP contribution >= 0.6 is 11.3 Å². The normalized spacial score (nSPS) is 17.1. The van der Waals surface area contributed by atoms with Crippen molar-refractivity contribution in [3.05, 3.63) is 52.3 Å². The van der Waals surface area contributed by atoms with Crippen LogP contribution in [-0.2, 0) is 9.59 Å². The van der Waals surface area contributed by atoms with E-state index < -0.39 is 6.10 Å². The fourth-order valence-corrected chi connectivity index (χ4v) is 4.34. The van der Waals surface area contributed by atoms with Crippen molar-refractivity contribution in [2.75, 3.05) is 23.4 Å². The van der Waals surface area contributed by atoms with Gasteiger partial charge in [-0.15, -0.1) is 11.3 Å². The van der Waals surface area contributed by atoms with E-state index >= 15 is 0 Å². The number of carbonyl (C=O) groups is 3. The number of thiazole rings is 1. The first-order valence-electron chi connectivity index (χ1n) is 10.0. The van der Waals surface area contributed by atoms with Crippen LogP contribution in [0, 0.1) is 6.92 Å². The van der Waals surface area contributed by atoms with Crippen molar-refractivity contribution in [2.45, 2.75) is 20.0 Å². The second-order valence-corrected chi connectivity index (χ2v) is 8.65. The molecule has 0 radical (unpaired) electrons. The molecule has 0 aliphatic carbocycles. The lowest BCUT2D eigenvalue weighted by atomic mass is 10.1. The number of nitrogens with zero attached hydrogens (tertiary/aromatic N) is 2. The number of aryl methyl sites for hydroxylation is 1. The van der Waals surface area contributed by atoms with Crippen LogP contribution < -0.4 is 19.7 Å². The molecule has 5 rings (SSSR count). The van der Waals surface area contributed by atoms with Crippen LogP contribution in [0.3, 0.4) is 0 Å². The third-order valence-corrected chi connectivity index (χ3v) is 6.09. The number of anilines is 2. The van der Waals surface area contributed by atoms with E-state index in [0.717, 1.165) is 16.3 Å². The Labute approximate surface area is 187 Å². The summed E-state index contributed by atoms with van der Waals surface area (Å²) in [6, 6.07) is 10.3. The number of rotatable bonds is 4. The molecule has 9 heteroatoms. The number of hydrogen-bond acceptors (Lipinski definition) is 7. The fraction of sp³-hybridized carbons (Fsp3) is 0.217. The van der Waals surface area contributed by atoms with Crippen LogP contribution in [0.4, 0.5) is 11.4 Å². The first-order chi connectivity index (χ1) is 15.4. The molecule has 0 saturated heterocycles. The molecule has 2 aromatic carbocycles. The molecule has 1 N–H and O–H groups in total. The lowest BCUT2D eigenvalue weighted by Gasteiger charge is -2.33. The molecule has 32 heavy (non-hydrogen) atoms. The molecule has 0 saturated carbocycles. The molecule has 0 fully saturated rings. The first-order valence-corrected chi connectivity index (χ1v) is 10.9. The van der Waals surface area contributed by atoms with Crippen LogP contribution in [0.25, 0.3) is 11.3 Å². The van der Waals surface area contributed by atoms with Crippen molar-refractivity contribution < 1.29 is 23.9 Å². The molecule has 1 aromatic heterocycles. The van der Waals surface area contributed by atoms with Gasteiger partial charge in [0.05, 0.1) is 28.6 Å². The minimum atomic E-state index is -0.709. The van der Waals surface area contributed by atoms with E-state index in [1.165, 1.54) is 4.90 Å². The van der Waals surface area contributed by atoms with E-state index in [9.17, 15) is 14.4 Å². The summed E-state index contributed by atoms with van der Waals surface area (Å²) in [7, 11) is 0. The molecule has 0 spiro atoms. The molecule has 8 nitrogen and oxygen atoms in total. The van der Waals surface area contributed by atoms with Gasteiger partial charge in [-0.3, -0.25) is 19.3 Å². The highest BCUT2D eigenvalue weighted by molar-refractivity contribution is 7.09. The summed E-state index contributed by atoms with van der Waals surface area (Å²) in [6.45, 7) is 3.37. The summed E-state index contributed by atoms with van der Waals surface area (Å²) in [5, 5.41) is 5.58. The molecule has 1 atom stereocenters. The van der Waals surface area contributed by atoms with Gasteiger partial charge in [0.15, 0.2) is 18.5 Å². The maximum atomic E-state index is 13.1. The van der Waals surface area contributed by atoms with Gasteiger partial charge in [0.1, 0.15) is 11.5 Å². The molecule has 162 valence electrons. The molecule has 2 aliphatic rings. The van der Waals surface area contributed by atoms with E-state index in [1.807, 2.05) is 24.4 Å². The van der Waals surface area contributed by atoms with E-state index in [-0.39, 0.29) is 30.7 Å². The zero-order valence-corrected chi connectivity index (χ0v) is 18.2. The minimum Gasteiger partial charge on any atom is -0.482 e. The predicted octanol–water partition coefficient (Wildman–Crippen LogP) is 3.45. The Morgan fingerprint density at radius 3 is 2.81 bits per heavy atom. The number of Topliss-reactive ketones (excluding diaryl/α,β-unsaturated/α-hetero) is 1. The molecule has 3 aromatic rings. The van der Waals surface area contributed by atoms with Crippen molar-refractivity contribution in [3.63, 3.8) is 0 Å². The van der Waals surface area contributed by atoms with E-state index in [0.29, 0.717) is 28.4 Å². The SMILES string of the molecule is Cc1nc(-c2ccc3c(c2)N(CC(=O)c2ccc4c(c2)NC(=O)CO4)C(=O)C(C)O3)cs1. The zero-order valence-electron chi connectivity index (χ0n) is 17.4. The highest BCUT2D eigenvalue weighted by Gasteiger charge is 2.33. The van der Waals surface area contributed by atoms with Crippen LogP contribution in [-0.4, -0.2) is 41.8 Å². The molecule has 1 unspecified atom stereocenters. The van der Waals surface area contributed by atoms with Crippen LogP contribution in [0.15, 0.2) is 41.8 Å². The Kier molecular flexibility index (Phi) is 4.90. The summed E-state index contributed by atoms with van der Waals surface area (Å²) >= 11 is 1.54. The van der Waals surface area contributed by atoms with Gasteiger partial charge in [-0.05, 0) is 50.2 Å². The number of aromatic nitrogens is 1. The van der Waals surface area contributed by atoms with E-state index in [1.54, 1.807) is 42.5 Å². The van der Waals surface area contributed by atoms with Gasteiger partial charge in [-0.25, -0.2) is 4.98 Å². The van der Waals surface area contributed by atoms with Gasteiger partial charge < -0.3 is 14.8 Å². The predicted molar refractivity (Wildman–Crippen MR) is 120 cm³/mol. The number of ketones is 1. The van der Waals surface area contributed by atoms with Crippen molar-refractivity contribution in [2.24, 2.45) is 0 Å². The summed E-state index contributed by atoms with van der Waals surface area (Å²) in [4.78, 5) is 43.6. The van der Waals surface area contributed by atoms with Crippen molar-refractivity contribution in [3.8, 4) is 22.8 Å². The van der Waals surface area contributed by atoms with Gasteiger partial charge in [0.25, 0.3) is 11.8 Å². The first kappa shape index (κ1) is 20.2. The molecule has 2 amide bonds. The number of benzene rings is 2. The van der Waals surface area contributed by atoms with Crippen LogP contribution in [0.1, 0.15) is 22.3 Å². The van der Waals surface area contributed by atoms with Gasteiger partial charge in [0.2, 0.25) is 0 Å². The summed E-state index contributed by atoms with van der Waals surface area (Å²) in [5.74, 6) is 0.193.